The number of nitrogens with zero attached hydrogens (tertiary/aromatic N) is 2. The van der Waals surface area contributed by atoms with Crippen molar-refractivity contribution in [1.82, 2.24) is 15.2 Å². The smallest absolute Gasteiger partial charge is 0.324 e. The molecule has 3 rings (SSSR count). The SMILES string of the molecule is COc1ccnc(NC(=O)Nc2cccc(CNc3c[nH]nc3C(N)=O)c2)c1. The van der Waals surface area contributed by atoms with Gasteiger partial charge in [0.1, 0.15) is 11.6 Å². The Morgan fingerprint density at radius 2 is 2.07 bits per heavy atom. The second-order valence-corrected chi connectivity index (χ2v) is 5.73. The lowest BCUT2D eigenvalue weighted by molar-refractivity contribution is 0.0996. The molecule has 0 unspecified atom stereocenters. The number of rotatable bonds is 7. The highest BCUT2D eigenvalue weighted by molar-refractivity contribution is 5.99. The number of urea groups is 1. The zero-order chi connectivity index (χ0) is 19.9. The van der Waals surface area contributed by atoms with Crippen molar-refractivity contribution in [1.29, 1.82) is 0 Å². The van der Waals surface area contributed by atoms with Crippen LogP contribution in [0.25, 0.3) is 0 Å². The second kappa shape index (κ2) is 8.54. The maximum atomic E-state index is 12.2. The molecule has 3 aromatic rings. The van der Waals surface area contributed by atoms with Crippen LogP contribution in [0.3, 0.4) is 0 Å². The summed E-state index contributed by atoms with van der Waals surface area (Å²) in [5.41, 5.74) is 7.39. The minimum atomic E-state index is -0.623. The third-order valence-corrected chi connectivity index (χ3v) is 3.75. The van der Waals surface area contributed by atoms with Gasteiger partial charge in [-0.25, -0.2) is 9.78 Å². The number of aromatic amines is 1. The van der Waals surface area contributed by atoms with E-state index < -0.39 is 11.9 Å². The molecule has 0 bridgehead atoms. The number of amides is 3. The number of nitrogens with two attached hydrogens (primary N) is 1. The normalized spacial score (nSPS) is 10.2. The first-order chi connectivity index (χ1) is 13.5. The number of aromatic nitrogens is 3. The average Bonchev–Trinajstić information content (AvgIpc) is 3.16. The van der Waals surface area contributed by atoms with Crippen molar-refractivity contribution < 1.29 is 14.3 Å². The zero-order valence-electron chi connectivity index (χ0n) is 15.0. The molecule has 28 heavy (non-hydrogen) atoms. The standard InChI is InChI=1S/C18H19N7O3/c1-28-13-5-6-20-15(8-13)24-18(27)23-12-4-2-3-11(7-12)9-21-14-10-22-25-16(14)17(19)26/h2-8,10,21H,9H2,1H3,(H2,19,26)(H,22,25)(H2,20,23,24,27). The molecule has 6 N–H and O–H groups in total. The maximum absolute atomic E-state index is 12.2. The average molecular weight is 381 g/mol. The Morgan fingerprint density at radius 3 is 2.86 bits per heavy atom. The molecule has 144 valence electrons. The van der Waals surface area contributed by atoms with Crippen LogP contribution in [0.2, 0.25) is 0 Å². The Balaban J connectivity index is 1.60. The molecule has 3 amide bonds. The van der Waals surface area contributed by atoms with Crippen molar-refractivity contribution in [3.63, 3.8) is 0 Å². The summed E-state index contributed by atoms with van der Waals surface area (Å²) in [5, 5.41) is 14.8. The van der Waals surface area contributed by atoms with Crippen molar-refractivity contribution in [3.05, 3.63) is 60.0 Å². The molecule has 1 aromatic carbocycles. The zero-order valence-corrected chi connectivity index (χ0v) is 15.0. The van der Waals surface area contributed by atoms with E-state index in [1.54, 1.807) is 36.5 Å². The fourth-order valence-electron chi connectivity index (χ4n) is 2.45. The number of pyridine rings is 1. The summed E-state index contributed by atoms with van der Waals surface area (Å²) in [7, 11) is 1.54. The van der Waals surface area contributed by atoms with Crippen LogP contribution in [0.5, 0.6) is 5.75 Å². The van der Waals surface area contributed by atoms with Crippen molar-refractivity contribution in [2.24, 2.45) is 5.73 Å². The number of ether oxygens (including phenoxy) is 1. The number of carbonyl (C=O) groups excluding carboxylic acids is 2. The third kappa shape index (κ3) is 4.75. The molecule has 2 aromatic heterocycles. The number of hydrogen-bond acceptors (Lipinski definition) is 6. The van der Waals surface area contributed by atoms with Crippen LogP contribution in [0.4, 0.5) is 22.0 Å². The molecule has 0 radical (unpaired) electrons. The lowest BCUT2D eigenvalue weighted by Gasteiger charge is -2.10. The highest BCUT2D eigenvalue weighted by Gasteiger charge is 2.11. The van der Waals surface area contributed by atoms with Gasteiger partial charge in [-0.3, -0.25) is 15.2 Å². The molecule has 0 aliphatic heterocycles. The molecule has 10 heteroatoms. The van der Waals surface area contributed by atoms with Gasteiger partial charge in [-0.05, 0) is 23.8 Å². The molecule has 0 atom stereocenters. The molecule has 2 heterocycles. The van der Waals surface area contributed by atoms with Gasteiger partial charge in [0.25, 0.3) is 5.91 Å². The molecule has 0 aliphatic rings. The predicted octanol–water partition coefficient (Wildman–Crippen LogP) is 2.17. The first-order valence-electron chi connectivity index (χ1n) is 8.29. The van der Waals surface area contributed by atoms with E-state index in [1.165, 1.54) is 13.3 Å². The van der Waals surface area contributed by atoms with E-state index >= 15 is 0 Å². The van der Waals surface area contributed by atoms with Gasteiger partial charge in [0, 0.05) is 30.7 Å². The Kier molecular flexibility index (Phi) is 5.70. The Hall–Kier alpha value is -4.08. The van der Waals surface area contributed by atoms with E-state index in [-0.39, 0.29) is 5.69 Å². The van der Waals surface area contributed by atoms with Crippen LogP contribution in [-0.4, -0.2) is 34.2 Å². The van der Waals surface area contributed by atoms with Crippen LogP contribution in [0.15, 0.2) is 48.8 Å². The van der Waals surface area contributed by atoms with Crippen molar-refractivity contribution >= 4 is 29.1 Å². The lowest BCUT2D eigenvalue weighted by atomic mass is 10.2. The van der Waals surface area contributed by atoms with Crippen LogP contribution < -0.4 is 26.4 Å². The molecule has 10 nitrogen and oxygen atoms in total. The van der Waals surface area contributed by atoms with Gasteiger partial charge in [0.15, 0.2) is 5.69 Å². The van der Waals surface area contributed by atoms with Gasteiger partial charge in [-0.15, -0.1) is 0 Å². The number of nitrogens with one attached hydrogen (secondary N) is 4. The van der Waals surface area contributed by atoms with E-state index in [0.717, 1.165) is 5.56 Å². The second-order valence-electron chi connectivity index (χ2n) is 5.73. The molecular formula is C18H19N7O3. The molecule has 0 spiro atoms. The van der Waals surface area contributed by atoms with Gasteiger partial charge in [0.2, 0.25) is 0 Å². The summed E-state index contributed by atoms with van der Waals surface area (Å²) in [6.45, 7) is 0.411. The highest BCUT2D eigenvalue weighted by atomic mass is 16.5. The first-order valence-corrected chi connectivity index (χ1v) is 8.29. The fraction of sp³-hybridized carbons (Fsp3) is 0.111. The minimum Gasteiger partial charge on any atom is -0.497 e. The van der Waals surface area contributed by atoms with E-state index in [0.29, 0.717) is 29.5 Å². The topological polar surface area (TPSA) is 147 Å². The minimum absolute atomic E-state index is 0.138. The van der Waals surface area contributed by atoms with Gasteiger partial charge in [-0.1, -0.05) is 12.1 Å². The number of carbonyl (C=O) groups is 2. The summed E-state index contributed by atoms with van der Waals surface area (Å²) in [4.78, 5) is 27.5. The quantitative estimate of drug-likeness (QED) is 0.424. The number of H-pyrrole nitrogens is 1. The van der Waals surface area contributed by atoms with Crippen molar-refractivity contribution in [3.8, 4) is 5.75 Å². The number of hydrogen-bond donors (Lipinski definition) is 5. The number of benzene rings is 1. The van der Waals surface area contributed by atoms with Crippen molar-refractivity contribution in [2.45, 2.75) is 6.54 Å². The third-order valence-electron chi connectivity index (χ3n) is 3.75. The first kappa shape index (κ1) is 18.7. The number of methoxy groups -OCH3 is 1. The van der Waals surface area contributed by atoms with Gasteiger partial charge >= 0.3 is 6.03 Å². The van der Waals surface area contributed by atoms with Crippen molar-refractivity contribution in [2.75, 3.05) is 23.1 Å². The molecular weight excluding hydrogens is 362 g/mol. The summed E-state index contributed by atoms with van der Waals surface area (Å²) in [6.07, 6.45) is 3.09. The fourth-order valence-corrected chi connectivity index (χ4v) is 2.45. The number of primary amides is 1. The Labute approximate surface area is 160 Å². The summed E-state index contributed by atoms with van der Waals surface area (Å²) in [5.74, 6) is 0.337. The predicted molar refractivity (Wildman–Crippen MR) is 104 cm³/mol. The van der Waals surface area contributed by atoms with E-state index in [1.807, 2.05) is 6.07 Å². The van der Waals surface area contributed by atoms with Gasteiger partial charge in [-0.2, -0.15) is 5.10 Å². The van der Waals surface area contributed by atoms with E-state index in [9.17, 15) is 9.59 Å². The molecule has 0 aliphatic carbocycles. The van der Waals surface area contributed by atoms with E-state index in [2.05, 4.69) is 31.1 Å². The van der Waals surface area contributed by atoms with Crippen LogP contribution in [0, 0.1) is 0 Å². The lowest BCUT2D eigenvalue weighted by Crippen LogP contribution is -2.20. The molecule has 0 saturated heterocycles. The highest BCUT2D eigenvalue weighted by Crippen LogP contribution is 2.17. The van der Waals surface area contributed by atoms with Crippen LogP contribution >= 0.6 is 0 Å². The maximum Gasteiger partial charge on any atom is 0.324 e. The van der Waals surface area contributed by atoms with Crippen LogP contribution in [-0.2, 0) is 6.54 Å². The van der Waals surface area contributed by atoms with Gasteiger partial charge in [0.05, 0.1) is 12.8 Å². The monoisotopic (exact) mass is 381 g/mol. The summed E-state index contributed by atoms with van der Waals surface area (Å²) in [6, 6.07) is 10.1. The molecule has 0 fully saturated rings. The largest absolute Gasteiger partial charge is 0.497 e. The Morgan fingerprint density at radius 1 is 1.21 bits per heavy atom. The summed E-state index contributed by atoms with van der Waals surface area (Å²) < 4.78 is 5.10. The Bertz CT molecular complexity index is 987. The molecule has 0 saturated carbocycles. The van der Waals surface area contributed by atoms with E-state index in [4.69, 9.17) is 10.5 Å². The van der Waals surface area contributed by atoms with Gasteiger partial charge < -0.3 is 21.1 Å². The summed E-state index contributed by atoms with van der Waals surface area (Å²) >= 11 is 0. The van der Waals surface area contributed by atoms with Crippen LogP contribution in [0.1, 0.15) is 16.1 Å². The number of anilines is 3.